The number of imidazole rings is 1. The van der Waals surface area contributed by atoms with E-state index in [1.807, 2.05) is 6.07 Å². The quantitative estimate of drug-likeness (QED) is 0.860. The summed E-state index contributed by atoms with van der Waals surface area (Å²) in [4.78, 5) is 5.09. The monoisotopic (exact) mass is 378 g/mol. The van der Waals surface area contributed by atoms with Crippen LogP contribution in [0.2, 0.25) is 0 Å². The molecule has 1 aliphatic rings. The Kier molecular flexibility index (Phi) is 4.95. The second kappa shape index (κ2) is 6.64. The number of fused-ring (bicyclic) bond motifs is 1. The highest BCUT2D eigenvalue weighted by atomic mass is 32.2. The smallest absolute Gasteiger partial charge is 0.178 e. The van der Waals surface area contributed by atoms with E-state index in [9.17, 15) is 13.5 Å². The fourth-order valence-corrected chi connectivity index (χ4v) is 4.69. The first kappa shape index (κ1) is 19.4. The number of aromatic nitrogens is 2. The van der Waals surface area contributed by atoms with Gasteiger partial charge in [-0.3, -0.25) is 0 Å². The van der Waals surface area contributed by atoms with Crippen LogP contribution in [-0.2, 0) is 22.8 Å². The van der Waals surface area contributed by atoms with Crippen molar-refractivity contribution in [2.75, 3.05) is 5.75 Å². The lowest BCUT2D eigenvalue weighted by Gasteiger charge is -2.26. The van der Waals surface area contributed by atoms with Crippen LogP contribution in [-0.4, -0.2) is 34.4 Å². The molecular weight excluding hydrogens is 348 g/mol. The maximum Gasteiger partial charge on any atom is 0.178 e. The first-order chi connectivity index (χ1) is 12.0. The maximum atomic E-state index is 12.2. The van der Waals surface area contributed by atoms with Gasteiger partial charge in [-0.15, -0.1) is 0 Å². The number of benzene rings is 1. The lowest BCUT2D eigenvalue weighted by molar-refractivity contribution is 0.0299. The average Bonchev–Trinajstić information content (AvgIpc) is 3.10. The van der Waals surface area contributed by atoms with E-state index in [4.69, 9.17) is 4.98 Å². The minimum atomic E-state index is -3.26. The molecule has 0 saturated heterocycles. The topological polar surface area (TPSA) is 72.2 Å². The molecule has 2 aromatic rings. The zero-order valence-corrected chi connectivity index (χ0v) is 17.1. The fourth-order valence-electron chi connectivity index (χ4n) is 3.79. The van der Waals surface area contributed by atoms with E-state index in [2.05, 4.69) is 25.3 Å². The number of rotatable bonds is 5. The molecule has 0 bridgehead atoms. The van der Waals surface area contributed by atoms with Crippen LogP contribution >= 0.6 is 0 Å². The highest BCUT2D eigenvalue weighted by Gasteiger charge is 2.33. The number of aliphatic hydroxyl groups is 1. The summed E-state index contributed by atoms with van der Waals surface area (Å²) in [6.45, 7) is 8.66. The van der Waals surface area contributed by atoms with Crippen molar-refractivity contribution in [1.29, 1.82) is 0 Å². The predicted molar refractivity (Wildman–Crippen MR) is 104 cm³/mol. The normalized spacial score (nSPS) is 17.9. The molecule has 3 rings (SSSR count). The van der Waals surface area contributed by atoms with Gasteiger partial charge in [0, 0.05) is 6.42 Å². The van der Waals surface area contributed by atoms with Crippen LogP contribution in [0.15, 0.2) is 23.1 Å². The van der Waals surface area contributed by atoms with Gasteiger partial charge in [-0.2, -0.15) is 0 Å². The molecule has 1 heterocycles. The first-order valence-electron chi connectivity index (χ1n) is 9.47. The Labute approximate surface area is 156 Å². The van der Waals surface area contributed by atoms with Crippen molar-refractivity contribution in [3.8, 4) is 0 Å². The van der Waals surface area contributed by atoms with Gasteiger partial charge >= 0.3 is 0 Å². The summed E-state index contributed by atoms with van der Waals surface area (Å²) in [6, 6.07) is 5.18. The second-order valence-electron chi connectivity index (χ2n) is 8.84. The van der Waals surface area contributed by atoms with Crippen molar-refractivity contribution < 1.29 is 13.5 Å². The SMILES string of the molecule is CCS(=O)(=O)c1ccc2c(c1)nc(CC(C)(C)C)n2CC1(O)CCCC1. The van der Waals surface area contributed by atoms with Crippen LogP contribution in [0, 0.1) is 5.41 Å². The van der Waals surface area contributed by atoms with Crippen LogP contribution in [0.4, 0.5) is 0 Å². The Morgan fingerprint density at radius 1 is 1.23 bits per heavy atom. The zero-order valence-electron chi connectivity index (χ0n) is 16.2. The Morgan fingerprint density at radius 3 is 2.46 bits per heavy atom. The van der Waals surface area contributed by atoms with Crippen molar-refractivity contribution >= 4 is 20.9 Å². The molecule has 1 aromatic carbocycles. The number of hydrogen-bond acceptors (Lipinski definition) is 4. The summed E-state index contributed by atoms with van der Waals surface area (Å²) in [5.74, 6) is 0.993. The molecule has 1 aliphatic carbocycles. The van der Waals surface area contributed by atoms with Gasteiger partial charge in [0.05, 0.1) is 33.8 Å². The van der Waals surface area contributed by atoms with Crippen molar-refractivity contribution in [1.82, 2.24) is 9.55 Å². The van der Waals surface area contributed by atoms with Crippen molar-refractivity contribution in [3.63, 3.8) is 0 Å². The third-order valence-electron chi connectivity index (χ3n) is 5.21. The third-order valence-corrected chi connectivity index (χ3v) is 6.95. The molecule has 6 heteroatoms. The van der Waals surface area contributed by atoms with E-state index in [0.29, 0.717) is 17.0 Å². The summed E-state index contributed by atoms with van der Waals surface area (Å²) < 4.78 is 26.5. The van der Waals surface area contributed by atoms with Crippen LogP contribution in [0.5, 0.6) is 0 Å². The Balaban J connectivity index is 2.11. The molecule has 1 saturated carbocycles. The van der Waals surface area contributed by atoms with Gasteiger partial charge in [0.25, 0.3) is 0 Å². The average molecular weight is 379 g/mol. The Bertz CT molecular complexity index is 901. The molecule has 0 amide bonds. The summed E-state index contributed by atoms with van der Waals surface area (Å²) in [5.41, 5.74) is 0.962. The lowest BCUT2D eigenvalue weighted by atomic mass is 9.91. The van der Waals surface area contributed by atoms with Crippen LogP contribution in [0.3, 0.4) is 0 Å². The molecule has 144 valence electrons. The van der Waals surface area contributed by atoms with Crippen molar-refractivity contribution in [2.45, 2.75) is 76.8 Å². The number of nitrogens with zero attached hydrogens (tertiary/aromatic N) is 2. The van der Waals surface area contributed by atoms with Crippen LogP contribution in [0.25, 0.3) is 11.0 Å². The molecule has 0 atom stereocenters. The molecule has 0 unspecified atom stereocenters. The summed E-state index contributed by atoms with van der Waals surface area (Å²) in [5, 5.41) is 10.9. The number of hydrogen-bond donors (Lipinski definition) is 1. The van der Waals surface area contributed by atoms with E-state index in [0.717, 1.165) is 43.4 Å². The predicted octanol–water partition coefficient (Wildman–Crippen LogP) is 3.72. The summed E-state index contributed by atoms with van der Waals surface area (Å²) >= 11 is 0. The van der Waals surface area contributed by atoms with E-state index in [1.165, 1.54) is 0 Å². The van der Waals surface area contributed by atoms with E-state index in [1.54, 1.807) is 19.1 Å². The van der Waals surface area contributed by atoms with Crippen LogP contribution in [0.1, 0.15) is 59.2 Å². The van der Waals surface area contributed by atoms with Gasteiger partial charge in [-0.1, -0.05) is 40.5 Å². The van der Waals surface area contributed by atoms with Gasteiger partial charge in [-0.05, 0) is 36.5 Å². The molecule has 0 aliphatic heterocycles. The number of sulfone groups is 1. The maximum absolute atomic E-state index is 12.2. The van der Waals surface area contributed by atoms with Gasteiger partial charge in [-0.25, -0.2) is 13.4 Å². The highest BCUT2D eigenvalue weighted by Crippen LogP contribution is 2.34. The third kappa shape index (κ3) is 3.96. The standard InChI is InChI=1S/C20H30N2O3S/c1-5-26(24,25)15-8-9-17-16(12-15)21-18(13-19(2,3)4)22(17)14-20(23)10-6-7-11-20/h8-9,12,23H,5-7,10-11,13-14H2,1-4H3. The Morgan fingerprint density at radius 2 is 1.88 bits per heavy atom. The van der Waals surface area contributed by atoms with Gasteiger partial charge < -0.3 is 9.67 Å². The van der Waals surface area contributed by atoms with E-state index < -0.39 is 15.4 Å². The molecule has 0 radical (unpaired) electrons. The van der Waals surface area contributed by atoms with Crippen molar-refractivity contribution in [3.05, 3.63) is 24.0 Å². The molecular formula is C20H30N2O3S. The van der Waals surface area contributed by atoms with Crippen LogP contribution < -0.4 is 0 Å². The summed E-state index contributed by atoms with van der Waals surface area (Å²) in [6.07, 6.45) is 4.49. The summed E-state index contributed by atoms with van der Waals surface area (Å²) in [7, 11) is -3.26. The molecule has 5 nitrogen and oxygen atoms in total. The second-order valence-corrected chi connectivity index (χ2v) is 11.1. The molecule has 1 fully saturated rings. The molecule has 0 spiro atoms. The minimum absolute atomic E-state index is 0.0513. The first-order valence-corrected chi connectivity index (χ1v) is 11.1. The molecule has 26 heavy (non-hydrogen) atoms. The minimum Gasteiger partial charge on any atom is -0.388 e. The molecule has 1 aromatic heterocycles. The zero-order chi connectivity index (χ0) is 19.2. The largest absolute Gasteiger partial charge is 0.388 e. The Hall–Kier alpha value is -1.40. The van der Waals surface area contributed by atoms with Crippen molar-refractivity contribution in [2.24, 2.45) is 5.41 Å². The fraction of sp³-hybridized carbons (Fsp3) is 0.650. The van der Waals surface area contributed by atoms with E-state index >= 15 is 0 Å². The van der Waals surface area contributed by atoms with Gasteiger partial charge in [0.1, 0.15) is 5.82 Å². The highest BCUT2D eigenvalue weighted by molar-refractivity contribution is 7.91. The van der Waals surface area contributed by atoms with E-state index in [-0.39, 0.29) is 11.2 Å². The molecule has 1 N–H and O–H groups in total. The van der Waals surface area contributed by atoms with Gasteiger partial charge in [0.2, 0.25) is 0 Å². The lowest BCUT2D eigenvalue weighted by Crippen LogP contribution is -2.31. The van der Waals surface area contributed by atoms with Gasteiger partial charge in [0.15, 0.2) is 9.84 Å².